The first-order valence-electron chi connectivity index (χ1n) is 6.84. The number of carbonyl (C=O) groups is 1. The first-order valence-corrected chi connectivity index (χ1v) is 6.84. The SMILES string of the molecule is CCN(CC)CCNC(C)C(=O)c1ccc(F)cc1. The van der Waals surface area contributed by atoms with Crippen molar-refractivity contribution < 1.29 is 9.18 Å². The average molecular weight is 266 g/mol. The molecule has 0 aliphatic heterocycles. The van der Waals surface area contributed by atoms with Crippen molar-refractivity contribution in [2.45, 2.75) is 26.8 Å². The van der Waals surface area contributed by atoms with Crippen molar-refractivity contribution in [3.8, 4) is 0 Å². The number of rotatable bonds is 8. The Morgan fingerprint density at radius 1 is 1.26 bits per heavy atom. The maximum atomic E-state index is 12.8. The second-order valence-corrected chi connectivity index (χ2v) is 4.57. The quantitative estimate of drug-likeness (QED) is 0.733. The van der Waals surface area contributed by atoms with Gasteiger partial charge in [0.2, 0.25) is 0 Å². The van der Waals surface area contributed by atoms with Crippen LogP contribution in [0, 0.1) is 5.82 Å². The fourth-order valence-corrected chi connectivity index (χ4v) is 1.94. The third-order valence-corrected chi connectivity index (χ3v) is 3.30. The summed E-state index contributed by atoms with van der Waals surface area (Å²) in [6, 6.07) is 5.44. The summed E-state index contributed by atoms with van der Waals surface area (Å²) < 4.78 is 12.8. The summed E-state index contributed by atoms with van der Waals surface area (Å²) in [5.41, 5.74) is 0.546. The van der Waals surface area contributed by atoms with Crippen LogP contribution < -0.4 is 5.32 Å². The molecule has 19 heavy (non-hydrogen) atoms. The van der Waals surface area contributed by atoms with Gasteiger partial charge in [0.15, 0.2) is 5.78 Å². The second kappa shape index (κ2) is 8.02. The zero-order valence-electron chi connectivity index (χ0n) is 11.9. The molecule has 0 amide bonds. The van der Waals surface area contributed by atoms with Crippen LogP contribution in [0.2, 0.25) is 0 Å². The molecule has 106 valence electrons. The minimum absolute atomic E-state index is 0.000420. The smallest absolute Gasteiger partial charge is 0.179 e. The van der Waals surface area contributed by atoms with Crippen LogP contribution in [0.5, 0.6) is 0 Å². The van der Waals surface area contributed by atoms with Gasteiger partial charge in [-0.05, 0) is 44.3 Å². The van der Waals surface area contributed by atoms with Gasteiger partial charge in [0.25, 0.3) is 0 Å². The minimum atomic E-state index is -0.321. The van der Waals surface area contributed by atoms with E-state index in [4.69, 9.17) is 0 Å². The van der Waals surface area contributed by atoms with E-state index in [-0.39, 0.29) is 17.6 Å². The van der Waals surface area contributed by atoms with Gasteiger partial charge in [-0.25, -0.2) is 4.39 Å². The lowest BCUT2D eigenvalue weighted by Gasteiger charge is -2.20. The van der Waals surface area contributed by atoms with Crippen LogP contribution in [0.15, 0.2) is 24.3 Å². The molecule has 1 atom stereocenters. The van der Waals surface area contributed by atoms with E-state index in [1.807, 2.05) is 6.92 Å². The number of carbonyl (C=O) groups excluding carboxylic acids is 1. The molecular weight excluding hydrogens is 243 g/mol. The highest BCUT2D eigenvalue weighted by molar-refractivity contribution is 5.99. The van der Waals surface area contributed by atoms with Crippen LogP contribution in [0.1, 0.15) is 31.1 Å². The van der Waals surface area contributed by atoms with Crippen LogP contribution in [0.3, 0.4) is 0 Å². The molecule has 1 unspecified atom stereocenters. The maximum absolute atomic E-state index is 12.8. The Morgan fingerprint density at radius 3 is 2.37 bits per heavy atom. The molecule has 0 saturated heterocycles. The number of benzene rings is 1. The molecule has 1 rings (SSSR count). The number of ketones is 1. The number of nitrogens with one attached hydrogen (secondary N) is 1. The molecular formula is C15H23FN2O. The first-order chi connectivity index (χ1) is 9.08. The van der Waals surface area contributed by atoms with Crippen molar-refractivity contribution >= 4 is 5.78 Å². The van der Waals surface area contributed by atoms with Gasteiger partial charge in [-0.2, -0.15) is 0 Å². The Bertz CT molecular complexity index is 388. The van der Waals surface area contributed by atoms with Crippen molar-refractivity contribution in [1.82, 2.24) is 10.2 Å². The standard InChI is InChI=1S/C15H23FN2O/c1-4-18(5-2)11-10-17-12(3)15(19)13-6-8-14(16)9-7-13/h6-9,12,17H,4-5,10-11H2,1-3H3. The highest BCUT2D eigenvalue weighted by Gasteiger charge is 2.14. The molecule has 0 heterocycles. The van der Waals surface area contributed by atoms with E-state index in [9.17, 15) is 9.18 Å². The van der Waals surface area contributed by atoms with E-state index in [1.54, 1.807) is 0 Å². The molecule has 0 bridgehead atoms. The van der Waals surface area contributed by atoms with Gasteiger partial charge in [-0.15, -0.1) is 0 Å². The van der Waals surface area contributed by atoms with E-state index < -0.39 is 0 Å². The summed E-state index contributed by atoms with van der Waals surface area (Å²) >= 11 is 0. The molecule has 3 nitrogen and oxygen atoms in total. The number of nitrogens with zero attached hydrogens (tertiary/aromatic N) is 1. The third-order valence-electron chi connectivity index (χ3n) is 3.30. The van der Waals surface area contributed by atoms with Crippen LogP contribution in [-0.2, 0) is 0 Å². The fraction of sp³-hybridized carbons (Fsp3) is 0.533. The predicted octanol–water partition coefficient (Wildman–Crippen LogP) is 2.33. The molecule has 0 radical (unpaired) electrons. The first kappa shape index (κ1) is 15.8. The lowest BCUT2D eigenvalue weighted by Crippen LogP contribution is -2.39. The van der Waals surface area contributed by atoms with E-state index >= 15 is 0 Å². The van der Waals surface area contributed by atoms with Crippen molar-refractivity contribution in [3.05, 3.63) is 35.6 Å². The highest BCUT2D eigenvalue weighted by Crippen LogP contribution is 2.06. The topological polar surface area (TPSA) is 32.3 Å². The summed E-state index contributed by atoms with van der Waals surface area (Å²) in [6.45, 7) is 9.81. The zero-order chi connectivity index (χ0) is 14.3. The van der Waals surface area contributed by atoms with Crippen LogP contribution >= 0.6 is 0 Å². The molecule has 4 heteroatoms. The van der Waals surface area contributed by atoms with E-state index in [2.05, 4.69) is 24.1 Å². The van der Waals surface area contributed by atoms with Gasteiger partial charge in [-0.1, -0.05) is 13.8 Å². The Balaban J connectivity index is 2.42. The number of Topliss-reactive ketones (excluding diaryl/α,β-unsaturated/α-hetero) is 1. The lowest BCUT2D eigenvalue weighted by atomic mass is 10.1. The zero-order valence-corrected chi connectivity index (χ0v) is 11.9. The summed E-state index contributed by atoms with van der Waals surface area (Å²) in [5.74, 6) is -0.321. The number of hydrogen-bond acceptors (Lipinski definition) is 3. The molecule has 1 N–H and O–H groups in total. The minimum Gasteiger partial charge on any atom is -0.306 e. The fourth-order valence-electron chi connectivity index (χ4n) is 1.94. The van der Waals surface area contributed by atoms with E-state index in [1.165, 1.54) is 24.3 Å². The Kier molecular flexibility index (Phi) is 6.67. The van der Waals surface area contributed by atoms with Gasteiger partial charge in [-0.3, -0.25) is 4.79 Å². The van der Waals surface area contributed by atoms with Crippen molar-refractivity contribution in [1.29, 1.82) is 0 Å². The molecule has 1 aromatic carbocycles. The van der Waals surface area contributed by atoms with Crippen LogP contribution in [-0.4, -0.2) is 42.9 Å². The Labute approximate surface area is 114 Å². The number of hydrogen-bond donors (Lipinski definition) is 1. The highest BCUT2D eigenvalue weighted by atomic mass is 19.1. The lowest BCUT2D eigenvalue weighted by molar-refractivity contribution is 0.0949. The summed E-state index contributed by atoms with van der Waals surface area (Å²) in [7, 11) is 0. The molecule has 0 fully saturated rings. The van der Waals surface area contributed by atoms with Gasteiger partial charge in [0, 0.05) is 18.7 Å². The molecule has 0 spiro atoms. The Hall–Kier alpha value is -1.26. The van der Waals surface area contributed by atoms with Crippen LogP contribution in [0.4, 0.5) is 4.39 Å². The van der Waals surface area contributed by atoms with Crippen LogP contribution in [0.25, 0.3) is 0 Å². The van der Waals surface area contributed by atoms with Gasteiger partial charge < -0.3 is 10.2 Å². The largest absolute Gasteiger partial charge is 0.306 e. The second-order valence-electron chi connectivity index (χ2n) is 4.57. The average Bonchev–Trinajstić information content (AvgIpc) is 2.43. The molecule has 0 aliphatic carbocycles. The Morgan fingerprint density at radius 2 is 1.84 bits per heavy atom. The summed E-state index contributed by atoms with van der Waals surface area (Å²) in [6.07, 6.45) is 0. The number of halogens is 1. The number of likely N-dealkylation sites (N-methyl/N-ethyl adjacent to an activating group) is 1. The van der Waals surface area contributed by atoms with E-state index in [0.29, 0.717) is 5.56 Å². The third kappa shape index (κ3) is 5.09. The van der Waals surface area contributed by atoms with Crippen molar-refractivity contribution in [2.24, 2.45) is 0 Å². The molecule has 1 aromatic rings. The molecule has 0 aromatic heterocycles. The summed E-state index contributed by atoms with van der Waals surface area (Å²) in [4.78, 5) is 14.4. The molecule has 0 saturated carbocycles. The van der Waals surface area contributed by atoms with Crippen molar-refractivity contribution in [3.63, 3.8) is 0 Å². The van der Waals surface area contributed by atoms with Gasteiger partial charge >= 0.3 is 0 Å². The monoisotopic (exact) mass is 266 g/mol. The maximum Gasteiger partial charge on any atom is 0.179 e. The van der Waals surface area contributed by atoms with Gasteiger partial charge in [0.05, 0.1) is 6.04 Å². The summed E-state index contributed by atoms with van der Waals surface area (Å²) in [5, 5.41) is 3.21. The predicted molar refractivity (Wildman–Crippen MR) is 76.0 cm³/mol. The van der Waals surface area contributed by atoms with E-state index in [0.717, 1.165) is 26.2 Å². The normalized spacial score (nSPS) is 12.7. The van der Waals surface area contributed by atoms with Gasteiger partial charge in [0.1, 0.15) is 5.82 Å². The van der Waals surface area contributed by atoms with Crippen molar-refractivity contribution in [2.75, 3.05) is 26.2 Å². The molecule has 0 aliphatic rings.